The maximum atomic E-state index is 11.9. The van der Waals surface area contributed by atoms with Gasteiger partial charge in [-0.1, -0.05) is 0 Å². The highest BCUT2D eigenvalue weighted by molar-refractivity contribution is 5.77. The monoisotopic (exact) mass is 259 g/mol. The molecule has 2 unspecified atom stereocenters. The van der Waals surface area contributed by atoms with Gasteiger partial charge in [0, 0.05) is 19.1 Å². The van der Waals surface area contributed by atoms with Crippen LogP contribution < -0.4 is 5.32 Å². The molecule has 0 aromatic heterocycles. The Morgan fingerprint density at radius 2 is 2.11 bits per heavy atom. The second kappa shape index (κ2) is 6.55. The smallest absolute Gasteiger partial charge is 0.334 e. The predicted molar refractivity (Wildman–Crippen MR) is 65.3 cm³/mol. The molecule has 1 fully saturated rings. The van der Waals surface area contributed by atoms with Crippen molar-refractivity contribution in [3.8, 4) is 0 Å². The summed E-state index contributed by atoms with van der Waals surface area (Å²) in [7, 11) is 2.01. The minimum Gasteiger partial charge on any atom is -0.479 e. The van der Waals surface area contributed by atoms with Crippen molar-refractivity contribution in [3.05, 3.63) is 0 Å². The lowest BCUT2D eigenvalue weighted by Gasteiger charge is -2.28. The number of carbonyl (C=O) groups excluding carboxylic acids is 1. The molecule has 2 atom stereocenters. The summed E-state index contributed by atoms with van der Waals surface area (Å²) in [5.74, 6) is -1.33. The van der Waals surface area contributed by atoms with Crippen molar-refractivity contribution in [2.24, 2.45) is 0 Å². The molecule has 0 aromatic carbocycles. The van der Waals surface area contributed by atoms with Crippen molar-refractivity contribution in [1.29, 1.82) is 0 Å². The molecule has 0 radical (unpaired) electrons. The van der Waals surface area contributed by atoms with Gasteiger partial charge in [-0.05, 0) is 26.9 Å². The molecule has 18 heavy (non-hydrogen) atoms. The van der Waals surface area contributed by atoms with Crippen LogP contribution >= 0.6 is 0 Å². The normalized spacial score (nSPS) is 23.3. The van der Waals surface area contributed by atoms with E-state index in [0.717, 1.165) is 19.5 Å². The summed E-state index contributed by atoms with van der Waals surface area (Å²) in [6.45, 7) is 4.05. The number of nitrogens with one attached hydrogen (secondary N) is 1. The summed E-state index contributed by atoms with van der Waals surface area (Å²) in [5.41, 5.74) is 0. The second-order valence-corrected chi connectivity index (χ2v) is 4.70. The number of carboxylic acids is 1. The molecule has 0 aliphatic carbocycles. The number of rotatable bonds is 3. The first-order chi connectivity index (χ1) is 8.41. The SMILES string of the molecule is CC1CN(C)CCCN1C(=O)NCC(O)C(=O)O. The summed E-state index contributed by atoms with van der Waals surface area (Å²) in [6.07, 6.45) is -0.672. The number of amides is 2. The van der Waals surface area contributed by atoms with Gasteiger partial charge >= 0.3 is 12.0 Å². The minimum atomic E-state index is -1.56. The van der Waals surface area contributed by atoms with E-state index >= 15 is 0 Å². The summed E-state index contributed by atoms with van der Waals surface area (Å²) >= 11 is 0. The highest BCUT2D eigenvalue weighted by Crippen LogP contribution is 2.08. The predicted octanol–water partition coefficient (Wildman–Crippen LogP) is -0.832. The van der Waals surface area contributed by atoms with Gasteiger partial charge in [0.05, 0.1) is 6.54 Å². The van der Waals surface area contributed by atoms with Gasteiger partial charge in [0.2, 0.25) is 0 Å². The topological polar surface area (TPSA) is 93.1 Å². The van der Waals surface area contributed by atoms with E-state index in [1.807, 2.05) is 14.0 Å². The Morgan fingerprint density at radius 3 is 2.72 bits per heavy atom. The van der Waals surface area contributed by atoms with Crippen molar-refractivity contribution in [2.75, 3.05) is 33.2 Å². The average Bonchev–Trinajstić information content (AvgIpc) is 2.46. The first kappa shape index (κ1) is 14.7. The molecule has 1 aliphatic heterocycles. The molecule has 0 spiro atoms. The lowest BCUT2D eigenvalue weighted by molar-refractivity contribution is -0.146. The summed E-state index contributed by atoms with van der Waals surface area (Å²) in [5, 5.41) is 20.1. The van der Waals surface area contributed by atoms with E-state index in [0.29, 0.717) is 6.54 Å². The molecule has 104 valence electrons. The molecule has 2 amide bonds. The zero-order valence-corrected chi connectivity index (χ0v) is 10.8. The van der Waals surface area contributed by atoms with E-state index in [2.05, 4.69) is 10.2 Å². The zero-order chi connectivity index (χ0) is 13.7. The van der Waals surface area contributed by atoms with E-state index in [1.54, 1.807) is 4.90 Å². The van der Waals surface area contributed by atoms with E-state index in [9.17, 15) is 9.59 Å². The van der Waals surface area contributed by atoms with Crippen LogP contribution in [0.5, 0.6) is 0 Å². The van der Waals surface area contributed by atoms with Crippen LogP contribution in [0, 0.1) is 0 Å². The molecule has 1 heterocycles. The average molecular weight is 259 g/mol. The molecule has 0 saturated carbocycles. The minimum absolute atomic E-state index is 0.0690. The van der Waals surface area contributed by atoms with Crippen LogP contribution in [0.1, 0.15) is 13.3 Å². The Kier molecular flexibility index (Phi) is 5.36. The number of carbonyl (C=O) groups is 2. The zero-order valence-electron chi connectivity index (χ0n) is 10.8. The van der Waals surface area contributed by atoms with Crippen molar-refractivity contribution >= 4 is 12.0 Å². The van der Waals surface area contributed by atoms with Crippen LogP contribution in [-0.2, 0) is 4.79 Å². The number of nitrogens with zero attached hydrogens (tertiary/aromatic N) is 2. The molecule has 7 heteroatoms. The third kappa shape index (κ3) is 4.15. The van der Waals surface area contributed by atoms with Gasteiger partial charge in [-0.15, -0.1) is 0 Å². The number of aliphatic carboxylic acids is 1. The van der Waals surface area contributed by atoms with Gasteiger partial charge < -0.3 is 25.3 Å². The van der Waals surface area contributed by atoms with Crippen LogP contribution in [0.15, 0.2) is 0 Å². The van der Waals surface area contributed by atoms with Crippen LogP contribution in [0.2, 0.25) is 0 Å². The molecule has 0 aromatic rings. The van der Waals surface area contributed by atoms with Gasteiger partial charge in [-0.3, -0.25) is 0 Å². The van der Waals surface area contributed by atoms with Crippen LogP contribution in [0.4, 0.5) is 4.79 Å². The molecule has 7 nitrogen and oxygen atoms in total. The van der Waals surface area contributed by atoms with E-state index < -0.39 is 12.1 Å². The number of hydrogen-bond donors (Lipinski definition) is 3. The number of aliphatic hydroxyl groups excluding tert-OH is 1. The summed E-state index contributed by atoms with van der Waals surface area (Å²) in [4.78, 5) is 26.2. The van der Waals surface area contributed by atoms with Gasteiger partial charge in [0.25, 0.3) is 0 Å². The van der Waals surface area contributed by atoms with E-state index in [1.165, 1.54) is 0 Å². The molecule has 0 bridgehead atoms. The molecule has 1 rings (SSSR count). The summed E-state index contributed by atoms with van der Waals surface area (Å²) in [6, 6.07) is -0.252. The number of aliphatic hydroxyl groups is 1. The fraction of sp³-hybridized carbons (Fsp3) is 0.818. The Hall–Kier alpha value is -1.34. The maximum Gasteiger partial charge on any atom is 0.334 e. The van der Waals surface area contributed by atoms with E-state index in [-0.39, 0.29) is 18.6 Å². The van der Waals surface area contributed by atoms with Crippen LogP contribution in [-0.4, -0.2) is 77.4 Å². The third-order valence-electron chi connectivity index (χ3n) is 3.04. The van der Waals surface area contributed by atoms with Gasteiger partial charge in [-0.25, -0.2) is 9.59 Å². The van der Waals surface area contributed by atoms with Crippen molar-refractivity contribution < 1.29 is 19.8 Å². The Morgan fingerprint density at radius 1 is 1.44 bits per heavy atom. The number of hydrogen-bond acceptors (Lipinski definition) is 4. The largest absolute Gasteiger partial charge is 0.479 e. The first-order valence-electron chi connectivity index (χ1n) is 6.05. The summed E-state index contributed by atoms with van der Waals surface area (Å²) < 4.78 is 0. The first-order valence-corrected chi connectivity index (χ1v) is 6.05. The van der Waals surface area contributed by atoms with Crippen LogP contribution in [0.3, 0.4) is 0 Å². The lowest BCUT2D eigenvalue weighted by atomic mass is 10.3. The molecular formula is C11H21N3O4. The van der Waals surface area contributed by atoms with Crippen molar-refractivity contribution in [1.82, 2.24) is 15.1 Å². The lowest BCUT2D eigenvalue weighted by Crippen LogP contribution is -2.49. The molecule has 1 aliphatic rings. The molecule has 3 N–H and O–H groups in total. The fourth-order valence-corrected chi connectivity index (χ4v) is 2.05. The van der Waals surface area contributed by atoms with Crippen molar-refractivity contribution in [2.45, 2.75) is 25.5 Å². The van der Waals surface area contributed by atoms with E-state index in [4.69, 9.17) is 10.2 Å². The second-order valence-electron chi connectivity index (χ2n) is 4.70. The number of likely N-dealkylation sites (N-methyl/N-ethyl adjacent to an activating group) is 1. The quantitative estimate of drug-likeness (QED) is 0.615. The Labute approximate surface area is 106 Å². The Bertz CT molecular complexity index is 311. The maximum absolute atomic E-state index is 11.9. The highest BCUT2D eigenvalue weighted by Gasteiger charge is 2.24. The highest BCUT2D eigenvalue weighted by atomic mass is 16.4. The third-order valence-corrected chi connectivity index (χ3v) is 3.04. The number of carboxylic acid groups (broad SMARTS) is 1. The van der Waals surface area contributed by atoms with Crippen LogP contribution in [0.25, 0.3) is 0 Å². The molecule has 1 saturated heterocycles. The van der Waals surface area contributed by atoms with Gasteiger partial charge in [0.15, 0.2) is 6.10 Å². The number of urea groups is 1. The standard InChI is InChI=1S/C11H21N3O4/c1-8-7-13(2)4-3-5-14(8)11(18)12-6-9(15)10(16)17/h8-9,15H,3-7H2,1-2H3,(H,12,18)(H,16,17). The molecular weight excluding hydrogens is 238 g/mol. The van der Waals surface area contributed by atoms with Crippen molar-refractivity contribution in [3.63, 3.8) is 0 Å². The van der Waals surface area contributed by atoms with Gasteiger partial charge in [-0.2, -0.15) is 0 Å². The van der Waals surface area contributed by atoms with Gasteiger partial charge in [0.1, 0.15) is 0 Å². The fourth-order valence-electron chi connectivity index (χ4n) is 2.05. The Balaban J connectivity index is 2.47.